The fourth-order valence-electron chi connectivity index (χ4n) is 3.19. The SMILES string of the molecule is CC(=O)CCC(C)C1CC1(C(=O)O)N(C(=O)OC(C)(C)C)C(=O)OC(C)(C)C. The van der Waals surface area contributed by atoms with E-state index in [9.17, 15) is 24.3 Å². The summed E-state index contributed by atoms with van der Waals surface area (Å²) in [6, 6.07) is 0. The van der Waals surface area contributed by atoms with Crippen LogP contribution in [0.1, 0.15) is 74.7 Å². The van der Waals surface area contributed by atoms with Gasteiger partial charge in [0.1, 0.15) is 17.0 Å². The lowest BCUT2D eigenvalue weighted by molar-refractivity contribution is -0.145. The summed E-state index contributed by atoms with van der Waals surface area (Å²) in [5.74, 6) is -1.94. The molecule has 3 atom stereocenters. The first-order valence-corrected chi connectivity index (χ1v) is 9.50. The van der Waals surface area contributed by atoms with Crippen LogP contribution in [0.2, 0.25) is 0 Å². The number of carbonyl (C=O) groups excluding carboxylic acids is 3. The zero-order valence-corrected chi connectivity index (χ0v) is 18.1. The van der Waals surface area contributed by atoms with Gasteiger partial charge in [-0.15, -0.1) is 0 Å². The number of nitrogens with zero attached hydrogens (tertiary/aromatic N) is 1. The van der Waals surface area contributed by atoms with Crippen LogP contribution in [-0.2, 0) is 19.1 Å². The van der Waals surface area contributed by atoms with E-state index in [2.05, 4.69) is 0 Å². The summed E-state index contributed by atoms with van der Waals surface area (Å²) in [4.78, 5) is 49.7. The molecular weight excluding hydrogens is 366 g/mol. The summed E-state index contributed by atoms with van der Waals surface area (Å²) in [5.41, 5.74) is -3.57. The molecule has 0 heterocycles. The molecule has 1 aliphatic rings. The monoisotopic (exact) mass is 399 g/mol. The van der Waals surface area contributed by atoms with Crippen molar-refractivity contribution >= 4 is 23.9 Å². The second kappa shape index (κ2) is 8.09. The Labute approximate surface area is 166 Å². The molecule has 1 saturated carbocycles. The third kappa shape index (κ3) is 5.94. The van der Waals surface area contributed by atoms with Crippen LogP contribution in [-0.4, -0.2) is 50.7 Å². The number of ether oxygens (including phenoxy) is 2. The van der Waals surface area contributed by atoms with E-state index in [0.717, 1.165) is 0 Å². The van der Waals surface area contributed by atoms with E-state index in [4.69, 9.17) is 9.47 Å². The van der Waals surface area contributed by atoms with Crippen molar-refractivity contribution in [2.45, 2.75) is 91.4 Å². The molecule has 28 heavy (non-hydrogen) atoms. The third-order valence-electron chi connectivity index (χ3n) is 4.54. The van der Waals surface area contributed by atoms with Crippen molar-refractivity contribution in [3.05, 3.63) is 0 Å². The van der Waals surface area contributed by atoms with Crippen LogP contribution in [0.3, 0.4) is 0 Å². The maximum Gasteiger partial charge on any atom is 0.420 e. The van der Waals surface area contributed by atoms with Crippen LogP contribution in [0, 0.1) is 11.8 Å². The molecule has 8 heteroatoms. The predicted octanol–water partition coefficient (Wildman–Crippen LogP) is 4.01. The first kappa shape index (κ1) is 23.9. The molecule has 1 aliphatic carbocycles. The van der Waals surface area contributed by atoms with Gasteiger partial charge >= 0.3 is 18.2 Å². The molecule has 0 bridgehead atoms. The van der Waals surface area contributed by atoms with Crippen molar-refractivity contribution in [1.29, 1.82) is 0 Å². The van der Waals surface area contributed by atoms with E-state index in [0.29, 0.717) is 17.7 Å². The minimum absolute atomic E-state index is 0.00423. The number of carboxylic acids is 1. The highest BCUT2D eigenvalue weighted by atomic mass is 16.6. The Morgan fingerprint density at radius 1 is 1.04 bits per heavy atom. The van der Waals surface area contributed by atoms with Gasteiger partial charge in [-0.25, -0.2) is 14.4 Å². The van der Waals surface area contributed by atoms with Crippen LogP contribution in [0.25, 0.3) is 0 Å². The standard InChI is InChI=1S/C20H33NO7/c1-12(9-10-13(2)22)14-11-20(14,15(23)24)21(16(25)27-18(3,4)5)17(26)28-19(6,7)8/h12,14H,9-11H2,1-8H3,(H,23,24). The lowest BCUT2D eigenvalue weighted by atomic mass is 9.95. The first-order valence-electron chi connectivity index (χ1n) is 9.50. The number of amides is 2. The minimum Gasteiger partial charge on any atom is -0.479 e. The van der Waals surface area contributed by atoms with Crippen LogP contribution < -0.4 is 0 Å². The Hall–Kier alpha value is -2.12. The lowest BCUT2D eigenvalue weighted by Crippen LogP contribution is -2.55. The second-order valence-corrected chi connectivity index (χ2v) is 9.55. The number of hydrogen-bond donors (Lipinski definition) is 1. The van der Waals surface area contributed by atoms with E-state index in [-0.39, 0.29) is 18.1 Å². The fraction of sp³-hybridized carbons (Fsp3) is 0.800. The van der Waals surface area contributed by atoms with Crippen LogP contribution in [0.4, 0.5) is 9.59 Å². The Morgan fingerprint density at radius 3 is 1.79 bits per heavy atom. The van der Waals surface area contributed by atoms with Gasteiger partial charge in [-0.1, -0.05) is 6.92 Å². The smallest absolute Gasteiger partial charge is 0.420 e. The van der Waals surface area contributed by atoms with E-state index in [1.165, 1.54) is 6.92 Å². The maximum atomic E-state index is 12.8. The molecule has 1 rings (SSSR count). The minimum atomic E-state index is -1.74. The second-order valence-electron chi connectivity index (χ2n) is 9.55. The summed E-state index contributed by atoms with van der Waals surface area (Å²) in [5, 5.41) is 9.94. The van der Waals surface area contributed by atoms with Crippen molar-refractivity contribution in [2.75, 3.05) is 0 Å². The molecule has 0 aromatic rings. The highest BCUT2D eigenvalue weighted by Gasteiger charge is 2.70. The maximum absolute atomic E-state index is 12.8. The molecule has 0 saturated heterocycles. The molecule has 0 aliphatic heterocycles. The average Bonchev–Trinajstić information content (AvgIpc) is 3.17. The summed E-state index contributed by atoms with van der Waals surface area (Å²) in [6.07, 6.45) is -1.21. The Kier molecular flexibility index (Phi) is 6.91. The molecule has 0 aromatic carbocycles. The van der Waals surface area contributed by atoms with Crippen LogP contribution >= 0.6 is 0 Å². The van der Waals surface area contributed by atoms with Crippen molar-refractivity contribution in [3.63, 3.8) is 0 Å². The summed E-state index contributed by atoms with van der Waals surface area (Å²) >= 11 is 0. The number of Topliss-reactive ketones (excluding diaryl/α,β-unsaturated/α-hetero) is 1. The molecule has 0 aromatic heterocycles. The normalized spacial score (nSPS) is 22.8. The van der Waals surface area contributed by atoms with Gasteiger partial charge in [-0.3, -0.25) is 0 Å². The van der Waals surface area contributed by atoms with Gasteiger partial charge in [-0.05, 0) is 73.1 Å². The average molecular weight is 399 g/mol. The molecule has 8 nitrogen and oxygen atoms in total. The van der Waals surface area contributed by atoms with E-state index in [1.54, 1.807) is 41.5 Å². The molecule has 1 N–H and O–H groups in total. The summed E-state index contributed by atoms with van der Waals surface area (Å²) in [7, 11) is 0. The number of rotatable bonds is 6. The van der Waals surface area contributed by atoms with Gasteiger partial charge in [0.25, 0.3) is 0 Å². The molecular formula is C20H33NO7. The predicted molar refractivity (Wildman–Crippen MR) is 102 cm³/mol. The van der Waals surface area contributed by atoms with Crippen molar-refractivity contribution in [3.8, 4) is 0 Å². The topological polar surface area (TPSA) is 110 Å². The van der Waals surface area contributed by atoms with Crippen LogP contribution in [0.5, 0.6) is 0 Å². The van der Waals surface area contributed by atoms with E-state index in [1.807, 2.05) is 6.92 Å². The first-order chi connectivity index (χ1) is 12.5. The fourth-order valence-corrected chi connectivity index (χ4v) is 3.19. The van der Waals surface area contributed by atoms with Crippen molar-refractivity contribution in [1.82, 2.24) is 4.90 Å². The quantitative estimate of drug-likeness (QED) is 0.718. The van der Waals surface area contributed by atoms with Gasteiger partial charge < -0.3 is 19.4 Å². The van der Waals surface area contributed by atoms with Gasteiger partial charge in [0.15, 0.2) is 5.54 Å². The molecule has 1 fully saturated rings. The van der Waals surface area contributed by atoms with Crippen LogP contribution in [0.15, 0.2) is 0 Å². The third-order valence-corrected chi connectivity index (χ3v) is 4.54. The van der Waals surface area contributed by atoms with Crippen molar-refractivity contribution < 1.29 is 33.8 Å². The van der Waals surface area contributed by atoms with Gasteiger partial charge in [0.05, 0.1) is 0 Å². The Balaban J connectivity index is 3.24. The summed E-state index contributed by atoms with van der Waals surface area (Å²) in [6.45, 7) is 13.1. The zero-order chi connectivity index (χ0) is 22.1. The Bertz CT molecular complexity index is 616. The number of ketones is 1. The molecule has 0 spiro atoms. The number of hydrogen-bond acceptors (Lipinski definition) is 6. The van der Waals surface area contributed by atoms with E-state index < -0.39 is 40.8 Å². The van der Waals surface area contributed by atoms with E-state index >= 15 is 0 Å². The zero-order valence-electron chi connectivity index (χ0n) is 18.1. The summed E-state index contributed by atoms with van der Waals surface area (Å²) < 4.78 is 10.6. The van der Waals surface area contributed by atoms with Crippen molar-refractivity contribution in [2.24, 2.45) is 11.8 Å². The lowest BCUT2D eigenvalue weighted by Gasteiger charge is -2.33. The van der Waals surface area contributed by atoms with Gasteiger partial charge in [-0.2, -0.15) is 4.90 Å². The van der Waals surface area contributed by atoms with Gasteiger partial charge in [0.2, 0.25) is 0 Å². The number of aliphatic carboxylic acids is 1. The highest BCUT2D eigenvalue weighted by Crippen LogP contribution is 2.55. The number of carbonyl (C=O) groups is 4. The molecule has 3 unspecified atom stereocenters. The van der Waals surface area contributed by atoms with Gasteiger partial charge in [0, 0.05) is 6.42 Å². The molecule has 2 amide bonds. The largest absolute Gasteiger partial charge is 0.479 e. The molecule has 160 valence electrons. The number of carboxylic acid groups (broad SMARTS) is 1. The number of imide groups is 1. The molecule has 0 radical (unpaired) electrons. The Morgan fingerprint density at radius 2 is 1.46 bits per heavy atom. The highest BCUT2D eigenvalue weighted by molar-refractivity contribution is 5.98.